The summed E-state index contributed by atoms with van der Waals surface area (Å²) in [5, 5.41) is 9.91. The van der Waals surface area contributed by atoms with Gasteiger partial charge < -0.3 is 0 Å². The van der Waals surface area contributed by atoms with Gasteiger partial charge in [-0.1, -0.05) is 78.0 Å². The zero-order chi connectivity index (χ0) is 20.1. The quantitative estimate of drug-likeness (QED) is 0.268. The van der Waals surface area contributed by atoms with Crippen LogP contribution in [0.1, 0.15) is 10.4 Å². The van der Waals surface area contributed by atoms with Crippen molar-refractivity contribution >= 4 is 29.1 Å². The predicted molar refractivity (Wildman–Crippen MR) is 119 cm³/mol. The number of rotatable bonds is 6. The third-order valence-electron chi connectivity index (χ3n) is 4.45. The van der Waals surface area contributed by atoms with Gasteiger partial charge in [0.05, 0.1) is 11.4 Å². The Labute approximate surface area is 178 Å². The van der Waals surface area contributed by atoms with Crippen molar-refractivity contribution in [3.8, 4) is 22.4 Å². The van der Waals surface area contributed by atoms with Crippen LogP contribution in [-0.4, -0.2) is 21.7 Å². The van der Waals surface area contributed by atoms with Crippen LogP contribution in [0, 0.1) is 0 Å². The molecule has 0 unspecified atom stereocenters. The molecule has 0 aliphatic rings. The van der Waals surface area contributed by atoms with E-state index in [2.05, 4.69) is 34.5 Å². The highest BCUT2D eigenvalue weighted by atomic mass is 35.5. The molecule has 0 bridgehead atoms. The van der Waals surface area contributed by atoms with Gasteiger partial charge in [-0.05, 0) is 47.5 Å². The first-order valence-corrected chi connectivity index (χ1v) is 10.5. The number of aromatic nitrogens is 2. The SMILES string of the molecule is O=C(CSc1ccc(-c2ccc(-c3ccccc3)cc2)nn1)c1ccc(Cl)cc1. The Bertz CT molecular complexity index is 1100. The van der Waals surface area contributed by atoms with Crippen LogP contribution < -0.4 is 0 Å². The average molecular weight is 417 g/mol. The maximum absolute atomic E-state index is 12.3. The van der Waals surface area contributed by atoms with Crippen molar-refractivity contribution in [3.63, 3.8) is 0 Å². The number of nitrogens with zero attached hydrogens (tertiary/aromatic N) is 2. The zero-order valence-electron chi connectivity index (χ0n) is 15.5. The number of hydrogen-bond donors (Lipinski definition) is 0. The Morgan fingerprint density at radius 2 is 1.38 bits per heavy atom. The van der Waals surface area contributed by atoms with Crippen molar-refractivity contribution in [2.45, 2.75) is 5.03 Å². The normalized spacial score (nSPS) is 10.7. The van der Waals surface area contributed by atoms with E-state index in [1.54, 1.807) is 24.3 Å². The van der Waals surface area contributed by atoms with Gasteiger partial charge >= 0.3 is 0 Å². The highest BCUT2D eigenvalue weighted by Gasteiger charge is 2.08. The number of benzene rings is 3. The summed E-state index contributed by atoms with van der Waals surface area (Å²) in [5.41, 5.74) is 4.80. The average Bonchev–Trinajstić information content (AvgIpc) is 2.79. The summed E-state index contributed by atoms with van der Waals surface area (Å²) < 4.78 is 0. The largest absolute Gasteiger partial charge is 0.293 e. The second-order valence-corrected chi connectivity index (χ2v) is 7.85. The molecule has 5 heteroatoms. The summed E-state index contributed by atoms with van der Waals surface area (Å²) in [6, 6.07) is 29.2. The van der Waals surface area contributed by atoms with Gasteiger partial charge in [0.15, 0.2) is 5.78 Å². The van der Waals surface area contributed by atoms with Gasteiger partial charge in [-0.25, -0.2) is 0 Å². The third kappa shape index (κ3) is 4.91. The Morgan fingerprint density at radius 1 is 0.724 bits per heavy atom. The fourth-order valence-electron chi connectivity index (χ4n) is 2.87. The molecule has 0 saturated heterocycles. The molecule has 0 spiro atoms. The predicted octanol–water partition coefficient (Wildman–Crippen LogP) is 6.44. The molecule has 0 fully saturated rings. The van der Waals surface area contributed by atoms with E-state index in [4.69, 9.17) is 11.6 Å². The van der Waals surface area contributed by atoms with Crippen molar-refractivity contribution in [1.82, 2.24) is 10.2 Å². The van der Waals surface area contributed by atoms with Gasteiger partial charge in [0.25, 0.3) is 0 Å². The number of carbonyl (C=O) groups is 1. The van der Waals surface area contributed by atoms with Crippen molar-refractivity contribution in [2.24, 2.45) is 0 Å². The lowest BCUT2D eigenvalue weighted by molar-refractivity contribution is 0.102. The number of Topliss-reactive ketones (excluding diaryl/α,β-unsaturated/α-hetero) is 1. The molecule has 0 amide bonds. The van der Waals surface area contributed by atoms with Crippen LogP contribution in [0.15, 0.2) is 96.0 Å². The summed E-state index contributed by atoms with van der Waals surface area (Å²) in [7, 11) is 0. The molecule has 0 saturated carbocycles. The highest BCUT2D eigenvalue weighted by Crippen LogP contribution is 2.25. The van der Waals surface area contributed by atoms with Crippen LogP contribution in [-0.2, 0) is 0 Å². The molecular weight excluding hydrogens is 400 g/mol. The number of halogens is 1. The van der Waals surface area contributed by atoms with E-state index in [-0.39, 0.29) is 5.78 Å². The molecule has 0 N–H and O–H groups in total. The van der Waals surface area contributed by atoms with E-state index in [0.29, 0.717) is 16.3 Å². The fourth-order valence-corrected chi connectivity index (χ4v) is 3.71. The molecule has 0 atom stereocenters. The monoisotopic (exact) mass is 416 g/mol. The fraction of sp³-hybridized carbons (Fsp3) is 0.0417. The summed E-state index contributed by atoms with van der Waals surface area (Å²) in [4.78, 5) is 12.3. The second-order valence-electron chi connectivity index (χ2n) is 6.42. The van der Waals surface area contributed by atoms with E-state index < -0.39 is 0 Å². The van der Waals surface area contributed by atoms with Crippen molar-refractivity contribution in [3.05, 3.63) is 102 Å². The molecule has 0 aliphatic heterocycles. The molecule has 4 aromatic rings. The van der Waals surface area contributed by atoms with Crippen LogP contribution in [0.2, 0.25) is 5.02 Å². The molecule has 29 heavy (non-hydrogen) atoms. The van der Waals surface area contributed by atoms with E-state index in [9.17, 15) is 4.79 Å². The molecular formula is C24H17ClN2OS. The van der Waals surface area contributed by atoms with Crippen molar-refractivity contribution in [2.75, 3.05) is 5.75 Å². The van der Waals surface area contributed by atoms with Crippen LogP contribution in [0.3, 0.4) is 0 Å². The molecule has 1 aromatic heterocycles. The number of hydrogen-bond acceptors (Lipinski definition) is 4. The van der Waals surface area contributed by atoms with E-state index >= 15 is 0 Å². The molecule has 3 nitrogen and oxygen atoms in total. The summed E-state index contributed by atoms with van der Waals surface area (Å²) in [6.07, 6.45) is 0. The van der Waals surface area contributed by atoms with Gasteiger partial charge in [0.2, 0.25) is 0 Å². The minimum atomic E-state index is 0.0362. The van der Waals surface area contributed by atoms with Crippen LogP contribution >= 0.6 is 23.4 Å². The van der Waals surface area contributed by atoms with Gasteiger partial charge in [0.1, 0.15) is 5.03 Å². The minimum absolute atomic E-state index is 0.0362. The van der Waals surface area contributed by atoms with Crippen LogP contribution in [0.5, 0.6) is 0 Å². The van der Waals surface area contributed by atoms with E-state index in [0.717, 1.165) is 21.8 Å². The molecule has 4 rings (SSSR count). The lowest BCUT2D eigenvalue weighted by Crippen LogP contribution is -2.02. The highest BCUT2D eigenvalue weighted by molar-refractivity contribution is 7.99. The molecule has 0 aliphatic carbocycles. The van der Waals surface area contributed by atoms with E-state index in [1.807, 2.05) is 42.5 Å². The lowest BCUT2D eigenvalue weighted by atomic mass is 10.0. The van der Waals surface area contributed by atoms with Gasteiger partial charge in [-0.2, -0.15) is 0 Å². The summed E-state index contributed by atoms with van der Waals surface area (Å²) in [5.74, 6) is 0.343. The van der Waals surface area contributed by atoms with Crippen LogP contribution in [0.4, 0.5) is 0 Å². The minimum Gasteiger partial charge on any atom is -0.293 e. The van der Waals surface area contributed by atoms with Gasteiger partial charge in [-0.3, -0.25) is 4.79 Å². The van der Waals surface area contributed by atoms with Crippen molar-refractivity contribution < 1.29 is 4.79 Å². The second kappa shape index (κ2) is 9.03. The smallest absolute Gasteiger partial charge is 0.173 e. The molecule has 0 radical (unpaired) electrons. The summed E-state index contributed by atoms with van der Waals surface area (Å²) in [6.45, 7) is 0. The van der Waals surface area contributed by atoms with Gasteiger partial charge in [0, 0.05) is 16.1 Å². The molecule has 3 aromatic carbocycles. The first-order chi connectivity index (χ1) is 14.2. The Hall–Kier alpha value is -2.95. The first kappa shape index (κ1) is 19.4. The lowest BCUT2D eigenvalue weighted by Gasteiger charge is -2.05. The standard InChI is InChI=1S/C24H17ClN2OS/c25-21-12-10-20(11-13-21)23(28)16-29-24-15-14-22(26-27-24)19-8-6-18(7-9-19)17-4-2-1-3-5-17/h1-15H,16H2. The topological polar surface area (TPSA) is 42.9 Å². The van der Waals surface area contributed by atoms with Gasteiger partial charge in [-0.15, -0.1) is 10.2 Å². The number of carbonyl (C=O) groups excluding carboxylic acids is 1. The Balaban J connectivity index is 1.40. The zero-order valence-corrected chi connectivity index (χ0v) is 17.0. The summed E-state index contributed by atoms with van der Waals surface area (Å²) >= 11 is 7.23. The first-order valence-electron chi connectivity index (χ1n) is 9.10. The molecule has 1 heterocycles. The molecule has 142 valence electrons. The maximum Gasteiger partial charge on any atom is 0.173 e. The number of ketones is 1. The number of thioether (sulfide) groups is 1. The van der Waals surface area contributed by atoms with Crippen LogP contribution in [0.25, 0.3) is 22.4 Å². The van der Waals surface area contributed by atoms with E-state index in [1.165, 1.54) is 17.3 Å². The van der Waals surface area contributed by atoms with Crippen molar-refractivity contribution in [1.29, 1.82) is 0 Å². The Kier molecular flexibility index (Phi) is 6.03. The third-order valence-corrected chi connectivity index (χ3v) is 5.62. The maximum atomic E-state index is 12.3. The Morgan fingerprint density at radius 3 is 2.03 bits per heavy atom.